The van der Waals surface area contributed by atoms with E-state index in [2.05, 4.69) is 10.3 Å². The topological polar surface area (TPSA) is 46.4 Å². The standard InChI is InChI=1S/C15H12ClN3O/c1-10-8-19-9-11(6-7-14(19)17-10)18-15(20)12-4-2-3-5-13(12)16/h2-9H,1H3,(H,18,20). The Balaban J connectivity index is 1.89. The van der Waals surface area contributed by atoms with Gasteiger partial charge in [0, 0.05) is 12.4 Å². The number of aromatic nitrogens is 2. The summed E-state index contributed by atoms with van der Waals surface area (Å²) in [5.74, 6) is -0.230. The number of fused-ring (bicyclic) bond motifs is 1. The Bertz CT molecular complexity index is 795. The largest absolute Gasteiger partial charge is 0.321 e. The van der Waals surface area contributed by atoms with Gasteiger partial charge in [-0.25, -0.2) is 4.98 Å². The second-order valence-electron chi connectivity index (χ2n) is 4.50. The van der Waals surface area contributed by atoms with Crippen LogP contribution in [0.25, 0.3) is 5.65 Å². The molecule has 0 saturated heterocycles. The van der Waals surface area contributed by atoms with E-state index < -0.39 is 0 Å². The van der Waals surface area contributed by atoms with Gasteiger partial charge in [0.15, 0.2) is 0 Å². The molecule has 2 heterocycles. The Hall–Kier alpha value is -2.33. The summed E-state index contributed by atoms with van der Waals surface area (Å²) in [4.78, 5) is 16.5. The summed E-state index contributed by atoms with van der Waals surface area (Å²) in [6.07, 6.45) is 3.73. The highest BCUT2D eigenvalue weighted by molar-refractivity contribution is 6.34. The minimum Gasteiger partial charge on any atom is -0.321 e. The van der Waals surface area contributed by atoms with E-state index in [1.165, 1.54) is 0 Å². The van der Waals surface area contributed by atoms with Crippen molar-refractivity contribution in [1.29, 1.82) is 0 Å². The Morgan fingerprint density at radius 1 is 1.20 bits per heavy atom. The number of anilines is 1. The molecule has 0 fully saturated rings. The second-order valence-corrected chi connectivity index (χ2v) is 4.91. The molecule has 1 N–H and O–H groups in total. The zero-order chi connectivity index (χ0) is 14.1. The van der Waals surface area contributed by atoms with E-state index in [-0.39, 0.29) is 5.91 Å². The van der Waals surface area contributed by atoms with Crippen LogP contribution in [0.4, 0.5) is 5.69 Å². The maximum absolute atomic E-state index is 12.2. The number of benzene rings is 1. The summed E-state index contributed by atoms with van der Waals surface area (Å²) in [5.41, 5.74) is 2.92. The summed E-state index contributed by atoms with van der Waals surface area (Å²) >= 11 is 6.01. The van der Waals surface area contributed by atoms with Crippen molar-refractivity contribution in [2.45, 2.75) is 6.92 Å². The quantitative estimate of drug-likeness (QED) is 0.783. The highest BCUT2D eigenvalue weighted by atomic mass is 35.5. The molecule has 3 rings (SSSR count). The van der Waals surface area contributed by atoms with E-state index >= 15 is 0 Å². The number of nitrogens with zero attached hydrogens (tertiary/aromatic N) is 2. The molecule has 0 spiro atoms. The average Bonchev–Trinajstić information content (AvgIpc) is 2.78. The van der Waals surface area contributed by atoms with Crippen molar-refractivity contribution in [2.24, 2.45) is 0 Å². The Labute approximate surface area is 121 Å². The van der Waals surface area contributed by atoms with E-state index in [9.17, 15) is 4.79 Å². The van der Waals surface area contributed by atoms with E-state index in [0.29, 0.717) is 16.3 Å². The van der Waals surface area contributed by atoms with Crippen LogP contribution >= 0.6 is 11.6 Å². The fourth-order valence-electron chi connectivity index (χ4n) is 2.04. The van der Waals surface area contributed by atoms with Gasteiger partial charge in [0.25, 0.3) is 5.91 Å². The molecule has 5 heteroatoms. The highest BCUT2D eigenvalue weighted by Crippen LogP contribution is 2.17. The van der Waals surface area contributed by atoms with Crippen LogP contribution in [0.3, 0.4) is 0 Å². The fraction of sp³-hybridized carbons (Fsp3) is 0.0667. The van der Waals surface area contributed by atoms with Crippen molar-refractivity contribution in [3.63, 3.8) is 0 Å². The van der Waals surface area contributed by atoms with E-state index in [1.807, 2.05) is 35.9 Å². The third-order valence-electron chi connectivity index (χ3n) is 2.95. The third-order valence-corrected chi connectivity index (χ3v) is 3.28. The number of carbonyl (C=O) groups excluding carboxylic acids is 1. The predicted octanol–water partition coefficient (Wildman–Crippen LogP) is 3.55. The zero-order valence-corrected chi connectivity index (χ0v) is 11.6. The van der Waals surface area contributed by atoms with Gasteiger partial charge in [-0.15, -0.1) is 0 Å². The molecule has 0 saturated carbocycles. The summed E-state index contributed by atoms with van der Waals surface area (Å²) < 4.78 is 1.87. The number of hydrogen-bond donors (Lipinski definition) is 1. The summed E-state index contributed by atoms with van der Waals surface area (Å²) in [7, 11) is 0. The van der Waals surface area contributed by atoms with Crippen molar-refractivity contribution in [2.75, 3.05) is 5.32 Å². The van der Waals surface area contributed by atoms with Gasteiger partial charge in [-0.1, -0.05) is 23.7 Å². The van der Waals surface area contributed by atoms with Gasteiger partial charge in [-0.3, -0.25) is 4.79 Å². The Kier molecular flexibility index (Phi) is 3.16. The molecule has 2 aromatic heterocycles. The number of pyridine rings is 1. The van der Waals surface area contributed by atoms with Gasteiger partial charge in [0.1, 0.15) is 5.65 Å². The molecule has 1 amide bonds. The highest BCUT2D eigenvalue weighted by Gasteiger charge is 2.10. The molecule has 4 nitrogen and oxygen atoms in total. The number of carbonyl (C=O) groups is 1. The van der Waals surface area contributed by atoms with Gasteiger partial charge in [0.2, 0.25) is 0 Å². The SMILES string of the molecule is Cc1cn2cc(NC(=O)c3ccccc3Cl)ccc2n1. The minimum absolute atomic E-state index is 0.230. The van der Waals surface area contributed by atoms with E-state index in [0.717, 1.165) is 11.3 Å². The van der Waals surface area contributed by atoms with E-state index in [4.69, 9.17) is 11.6 Å². The first-order chi connectivity index (χ1) is 9.63. The fourth-order valence-corrected chi connectivity index (χ4v) is 2.26. The van der Waals surface area contributed by atoms with Gasteiger partial charge < -0.3 is 9.72 Å². The van der Waals surface area contributed by atoms with Crippen LogP contribution in [0.15, 0.2) is 48.8 Å². The molecule has 0 radical (unpaired) electrons. The molecule has 0 aliphatic rings. The number of hydrogen-bond acceptors (Lipinski definition) is 2. The lowest BCUT2D eigenvalue weighted by atomic mass is 10.2. The van der Waals surface area contributed by atoms with Crippen LogP contribution in [0, 0.1) is 6.92 Å². The predicted molar refractivity (Wildman–Crippen MR) is 79.3 cm³/mol. The number of aryl methyl sites for hydroxylation is 1. The molecule has 0 aliphatic carbocycles. The number of nitrogens with one attached hydrogen (secondary N) is 1. The maximum atomic E-state index is 12.2. The molecule has 100 valence electrons. The van der Waals surface area contributed by atoms with E-state index in [1.54, 1.807) is 24.3 Å². The van der Waals surface area contributed by atoms with Crippen LogP contribution < -0.4 is 5.32 Å². The van der Waals surface area contributed by atoms with Crippen LogP contribution in [-0.2, 0) is 0 Å². The number of amides is 1. The van der Waals surface area contributed by atoms with Gasteiger partial charge in [-0.05, 0) is 31.2 Å². The first-order valence-corrected chi connectivity index (χ1v) is 6.52. The monoisotopic (exact) mass is 285 g/mol. The number of imidazole rings is 1. The molecule has 3 aromatic rings. The maximum Gasteiger partial charge on any atom is 0.257 e. The molecular weight excluding hydrogens is 274 g/mol. The normalized spacial score (nSPS) is 10.7. The molecule has 0 bridgehead atoms. The Morgan fingerprint density at radius 3 is 2.80 bits per heavy atom. The van der Waals surface area contributed by atoms with Crippen LogP contribution in [-0.4, -0.2) is 15.3 Å². The summed E-state index contributed by atoms with van der Waals surface area (Å²) in [6, 6.07) is 10.6. The molecule has 0 unspecified atom stereocenters. The third kappa shape index (κ3) is 2.38. The van der Waals surface area contributed by atoms with Crippen LogP contribution in [0.5, 0.6) is 0 Å². The second kappa shape index (κ2) is 4.98. The van der Waals surface area contributed by atoms with Gasteiger partial charge >= 0.3 is 0 Å². The molecule has 0 aliphatic heterocycles. The van der Waals surface area contributed by atoms with Crippen LogP contribution in [0.1, 0.15) is 16.1 Å². The molecule has 0 atom stereocenters. The van der Waals surface area contributed by atoms with Crippen molar-refractivity contribution in [3.8, 4) is 0 Å². The lowest BCUT2D eigenvalue weighted by Crippen LogP contribution is -2.12. The lowest BCUT2D eigenvalue weighted by Gasteiger charge is -2.07. The summed E-state index contributed by atoms with van der Waals surface area (Å²) in [5, 5.41) is 3.26. The van der Waals surface area contributed by atoms with Crippen molar-refractivity contribution in [3.05, 3.63) is 65.1 Å². The number of halogens is 1. The average molecular weight is 286 g/mol. The van der Waals surface area contributed by atoms with Gasteiger partial charge in [0.05, 0.1) is 22.0 Å². The zero-order valence-electron chi connectivity index (χ0n) is 10.8. The summed E-state index contributed by atoms with van der Waals surface area (Å²) in [6.45, 7) is 1.93. The lowest BCUT2D eigenvalue weighted by molar-refractivity contribution is 0.102. The smallest absolute Gasteiger partial charge is 0.257 e. The molecule has 1 aromatic carbocycles. The minimum atomic E-state index is -0.230. The first-order valence-electron chi connectivity index (χ1n) is 6.15. The molecular formula is C15H12ClN3O. The Morgan fingerprint density at radius 2 is 2.00 bits per heavy atom. The number of rotatable bonds is 2. The molecule has 20 heavy (non-hydrogen) atoms. The van der Waals surface area contributed by atoms with Crippen molar-refractivity contribution in [1.82, 2.24) is 9.38 Å². The van der Waals surface area contributed by atoms with Gasteiger partial charge in [-0.2, -0.15) is 0 Å². The van der Waals surface area contributed by atoms with Crippen molar-refractivity contribution >= 4 is 28.8 Å². The van der Waals surface area contributed by atoms with Crippen molar-refractivity contribution < 1.29 is 4.79 Å². The first kappa shape index (κ1) is 12.7. The van der Waals surface area contributed by atoms with Crippen LogP contribution in [0.2, 0.25) is 5.02 Å².